The Balaban J connectivity index is 1.50. The number of nitrogens with zero attached hydrogens (tertiary/aromatic N) is 2. The van der Waals surface area contributed by atoms with E-state index in [9.17, 15) is 4.79 Å². The Kier molecular flexibility index (Phi) is 6.85. The van der Waals surface area contributed by atoms with Crippen LogP contribution in [-0.4, -0.2) is 48.6 Å². The molecule has 0 unspecified atom stereocenters. The van der Waals surface area contributed by atoms with Crippen LogP contribution in [0.2, 0.25) is 0 Å². The molecule has 0 spiro atoms. The zero-order valence-electron chi connectivity index (χ0n) is 16.4. The molecule has 1 saturated heterocycles. The van der Waals surface area contributed by atoms with Crippen molar-refractivity contribution >= 4 is 17.2 Å². The van der Waals surface area contributed by atoms with E-state index < -0.39 is 0 Å². The molecule has 1 aromatic heterocycles. The van der Waals surface area contributed by atoms with Crippen molar-refractivity contribution in [1.82, 2.24) is 15.2 Å². The number of thiazole rings is 1. The summed E-state index contributed by atoms with van der Waals surface area (Å²) in [6.45, 7) is 7.06. The second-order valence-electron chi connectivity index (χ2n) is 7.52. The topological polar surface area (TPSA) is 54.5 Å². The minimum absolute atomic E-state index is 0.0785. The van der Waals surface area contributed by atoms with Crippen molar-refractivity contribution in [1.29, 1.82) is 0 Å². The Morgan fingerprint density at radius 3 is 2.67 bits per heavy atom. The summed E-state index contributed by atoms with van der Waals surface area (Å²) in [5.74, 6) is 1.49. The molecule has 0 atom stereocenters. The molecule has 27 heavy (non-hydrogen) atoms. The molecule has 0 saturated carbocycles. The quantitative estimate of drug-likeness (QED) is 0.778. The van der Waals surface area contributed by atoms with Gasteiger partial charge in [0.15, 0.2) is 0 Å². The van der Waals surface area contributed by atoms with Crippen LogP contribution < -0.4 is 10.1 Å². The Labute approximate surface area is 165 Å². The predicted octanol–water partition coefficient (Wildman–Crippen LogP) is 4.06. The van der Waals surface area contributed by atoms with Crippen molar-refractivity contribution in [2.45, 2.75) is 39.2 Å². The third-order valence-electron chi connectivity index (χ3n) is 4.89. The fraction of sp³-hybridized carbons (Fsp3) is 0.524. The molecule has 1 aromatic carbocycles. The normalized spacial score (nSPS) is 15.9. The van der Waals surface area contributed by atoms with Crippen molar-refractivity contribution < 1.29 is 9.53 Å². The number of hydrogen-bond donors (Lipinski definition) is 1. The summed E-state index contributed by atoms with van der Waals surface area (Å²) in [6.07, 6.45) is 3.65. The second-order valence-corrected chi connectivity index (χ2v) is 8.38. The summed E-state index contributed by atoms with van der Waals surface area (Å²) in [6, 6.07) is 7.85. The Morgan fingerprint density at radius 2 is 2.00 bits per heavy atom. The summed E-state index contributed by atoms with van der Waals surface area (Å²) in [4.78, 5) is 19.2. The molecular weight excluding hydrogens is 358 g/mol. The number of benzene rings is 1. The maximum absolute atomic E-state index is 12.4. The second kappa shape index (κ2) is 9.33. The number of nitrogens with one attached hydrogen (secondary N) is 1. The first-order valence-corrected chi connectivity index (χ1v) is 10.6. The number of piperidine rings is 1. The molecule has 5 nitrogen and oxygen atoms in total. The van der Waals surface area contributed by atoms with Gasteiger partial charge in [0.1, 0.15) is 16.5 Å². The highest BCUT2D eigenvalue weighted by Crippen LogP contribution is 2.26. The first kappa shape index (κ1) is 19.8. The maximum Gasteiger partial charge on any atom is 0.270 e. The van der Waals surface area contributed by atoms with Gasteiger partial charge in [0.05, 0.1) is 6.10 Å². The summed E-state index contributed by atoms with van der Waals surface area (Å²) < 4.78 is 5.66. The third kappa shape index (κ3) is 5.78. The van der Waals surface area contributed by atoms with Crippen molar-refractivity contribution in [3.8, 4) is 16.3 Å². The molecule has 2 aromatic rings. The van der Waals surface area contributed by atoms with Crippen LogP contribution in [0.1, 0.15) is 43.6 Å². The van der Waals surface area contributed by atoms with Gasteiger partial charge in [-0.1, -0.05) is 0 Å². The number of likely N-dealkylation sites (tertiary alicyclic amines) is 1. The molecule has 0 bridgehead atoms. The zero-order chi connectivity index (χ0) is 19.2. The molecule has 1 aliphatic heterocycles. The Morgan fingerprint density at radius 1 is 1.30 bits per heavy atom. The monoisotopic (exact) mass is 387 g/mol. The zero-order valence-corrected chi connectivity index (χ0v) is 17.2. The molecule has 2 heterocycles. The van der Waals surface area contributed by atoms with Crippen LogP contribution in [0.3, 0.4) is 0 Å². The van der Waals surface area contributed by atoms with Gasteiger partial charge in [-0.3, -0.25) is 4.79 Å². The van der Waals surface area contributed by atoms with E-state index in [0.717, 1.165) is 48.3 Å². The number of amides is 1. The number of carbonyl (C=O) groups excluding carboxylic acids is 1. The molecule has 1 amide bonds. The average Bonchev–Trinajstić information content (AvgIpc) is 3.14. The molecule has 3 rings (SSSR count). The molecule has 146 valence electrons. The van der Waals surface area contributed by atoms with E-state index in [1.165, 1.54) is 24.2 Å². The van der Waals surface area contributed by atoms with Gasteiger partial charge in [0.2, 0.25) is 0 Å². The van der Waals surface area contributed by atoms with Gasteiger partial charge in [-0.2, -0.15) is 0 Å². The van der Waals surface area contributed by atoms with Crippen LogP contribution in [0.25, 0.3) is 10.6 Å². The summed E-state index contributed by atoms with van der Waals surface area (Å²) in [5, 5.41) is 5.71. The highest BCUT2D eigenvalue weighted by atomic mass is 32.1. The lowest BCUT2D eigenvalue weighted by Gasteiger charge is -2.28. The van der Waals surface area contributed by atoms with E-state index in [1.807, 2.05) is 43.5 Å². The lowest BCUT2D eigenvalue weighted by Crippen LogP contribution is -2.32. The van der Waals surface area contributed by atoms with Crippen LogP contribution in [0.5, 0.6) is 5.75 Å². The van der Waals surface area contributed by atoms with Gasteiger partial charge in [0, 0.05) is 17.5 Å². The lowest BCUT2D eigenvalue weighted by atomic mass is 9.94. The SMILES string of the molecule is CC(C)Oc1ccc(-c2nc(C(=O)NCCC3CCN(C)CC3)cs2)cc1. The van der Waals surface area contributed by atoms with Crippen LogP contribution in [0.15, 0.2) is 29.6 Å². The van der Waals surface area contributed by atoms with Crippen LogP contribution in [0, 0.1) is 5.92 Å². The maximum atomic E-state index is 12.4. The first-order chi connectivity index (χ1) is 13.0. The highest BCUT2D eigenvalue weighted by molar-refractivity contribution is 7.13. The van der Waals surface area contributed by atoms with E-state index in [2.05, 4.69) is 22.2 Å². The van der Waals surface area contributed by atoms with Crippen molar-refractivity contribution in [3.05, 3.63) is 35.3 Å². The number of aromatic nitrogens is 1. The summed E-state index contributed by atoms with van der Waals surface area (Å²) in [7, 11) is 2.17. The van der Waals surface area contributed by atoms with Gasteiger partial charge < -0.3 is 15.0 Å². The standard InChI is InChI=1S/C21H29N3O2S/c1-15(2)26-18-6-4-17(5-7-18)21-23-19(14-27-21)20(25)22-11-8-16-9-12-24(3)13-10-16/h4-7,14-16H,8-13H2,1-3H3,(H,22,25). The fourth-order valence-corrected chi connectivity index (χ4v) is 4.10. The van der Waals surface area contributed by atoms with Crippen molar-refractivity contribution in [2.24, 2.45) is 5.92 Å². The Hall–Kier alpha value is -1.92. The van der Waals surface area contributed by atoms with Crippen LogP contribution >= 0.6 is 11.3 Å². The Bertz CT molecular complexity index is 734. The van der Waals surface area contributed by atoms with Gasteiger partial charge in [-0.25, -0.2) is 4.98 Å². The van der Waals surface area contributed by atoms with Gasteiger partial charge in [0.25, 0.3) is 5.91 Å². The fourth-order valence-electron chi connectivity index (χ4n) is 3.29. The van der Waals surface area contributed by atoms with Crippen molar-refractivity contribution in [3.63, 3.8) is 0 Å². The molecule has 1 N–H and O–H groups in total. The van der Waals surface area contributed by atoms with E-state index in [-0.39, 0.29) is 12.0 Å². The number of ether oxygens (including phenoxy) is 1. The lowest BCUT2D eigenvalue weighted by molar-refractivity contribution is 0.0944. The minimum atomic E-state index is -0.0785. The largest absolute Gasteiger partial charge is 0.491 e. The van der Waals surface area contributed by atoms with Crippen LogP contribution in [-0.2, 0) is 0 Å². The molecule has 1 aliphatic rings. The van der Waals surface area contributed by atoms with E-state index in [1.54, 1.807) is 0 Å². The van der Waals surface area contributed by atoms with E-state index >= 15 is 0 Å². The van der Waals surface area contributed by atoms with E-state index in [0.29, 0.717) is 5.69 Å². The average molecular weight is 388 g/mol. The number of hydrogen-bond acceptors (Lipinski definition) is 5. The summed E-state index contributed by atoms with van der Waals surface area (Å²) in [5.41, 5.74) is 1.50. The molecule has 0 aliphatic carbocycles. The third-order valence-corrected chi connectivity index (χ3v) is 5.78. The summed E-state index contributed by atoms with van der Waals surface area (Å²) >= 11 is 1.49. The van der Waals surface area contributed by atoms with E-state index in [4.69, 9.17) is 4.74 Å². The number of carbonyl (C=O) groups is 1. The molecular formula is C21H29N3O2S. The minimum Gasteiger partial charge on any atom is -0.491 e. The van der Waals surface area contributed by atoms with Crippen molar-refractivity contribution in [2.75, 3.05) is 26.7 Å². The molecule has 1 fully saturated rings. The van der Waals surface area contributed by atoms with Gasteiger partial charge in [-0.05, 0) is 83.4 Å². The first-order valence-electron chi connectivity index (χ1n) is 9.70. The van der Waals surface area contributed by atoms with Gasteiger partial charge in [-0.15, -0.1) is 11.3 Å². The smallest absolute Gasteiger partial charge is 0.270 e. The molecule has 0 radical (unpaired) electrons. The molecule has 6 heteroatoms. The predicted molar refractivity (Wildman–Crippen MR) is 110 cm³/mol. The highest BCUT2D eigenvalue weighted by Gasteiger charge is 2.17. The van der Waals surface area contributed by atoms with Gasteiger partial charge >= 0.3 is 0 Å². The number of rotatable bonds is 7. The van der Waals surface area contributed by atoms with Crippen LogP contribution in [0.4, 0.5) is 0 Å².